The molecule has 0 atom stereocenters. The van der Waals surface area contributed by atoms with Crippen molar-refractivity contribution in [1.29, 1.82) is 0 Å². The maximum absolute atomic E-state index is 11.9. The lowest BCUT2D eigenvalue weighted by molar-refractivity contribution is 0.137. The number of anilines is 1. The normalized spacial score (nSPS) is 10.2. The summed E-state index contributed by atoms with van der Waals surface area (Å²) in [5.41, 5.74) is 1.40. The lowest BCUT2D eigenvalue weighted by Crippen LogP contribution is -2.18. The number of hydrogen-bond donors (Lipinski definition) is 1. The van der Waals surface area contributed by atoms with E-state index in [2.05, 4.69) is 5.32 Å². The predicted molar refractivity (Wildman–Crippen MR) is 101 cm³/mol. The molecule has 2 aromatic rings. The molecule has 6 nitrogen and oxygen atoms in total. The van der Waals surface area contributed by atoms with Crippen LogP contribution in [0.4, 0.5) is 10.5 Å². The van der Waals surface area contributed by atoms with E-state index >= 15 is 0 Å². The molecular formula is C18H19Cl2NO5. The van der Waals surface area contributed by atoms with Gasteiger partial charge in [0.05, 0.1) is 30.0 Å². The molecule has 0 saturated carbocycles. The Hall–Kier alpha value is -2.31. The van der Waals surface area contributed by atoms with Crippen molar-refractivity contribution in [2.24, 2.45) is 0 Å². The molecule has 0 heterocycles. The van der Waals surface area contributed by atoms with Crippen LogP contribution in [0.3, 0.4) is 0 Å². The van der Waals surface area contributed by atoms with E-state index < -0.39 is 6.09 Å². The maximum Gasteiger partial charge on any atom is 0.411 e. The van der Waals surface area contributed by atoms with Gasteiger partial charge in [-0.3, -0.25) is 5.32 Å². The minimum absolute atomic E-state index is 0.0439. The summed E-state index contributed by atoms with van der Waals surface area (Å²) in [6.07, 6.45) is -0.664. The first-order valence-electron chi connectivity index (χ1n) is 7.69. The molecule has 0 aliphatic carbocycles. The van der Waals surface area contributed by atoms with E-state index in [0.717, 1.165) is 5.56 Å². The Balaban J connectivity index is 1.86. The van der Waals surface area contributed by atoms with Crippen LogP contribution in [0.1, 0.15) is 5.56 Å². The molecule has 0 saturated heterocycles. The molecule has 0 radical (unpaired) electrons. The fourth-order valence-electron chi connectivity index (χ4n) is 2.11. The fourth-order valence-corrected chi connectivity index (χ4v) is 2.64. The molecule has 26 heavy (non-hydrogen) atoms. The van der Waals surface area contributed by atoms with Gasteiger partial charge in [0.15, 0.2) is 0 Å². The van der Waals surface area contributed by atoms with Gasteiger partial charge in [-0.05, 0) is 30.7 Å². The molecule has 0 aliphatic heterocycles. The number of nitrogens with one attached hydrogen (secondary N) is 1. The summed E-state index contributed by atoms with van der Waals surface area (Å²) in [5, 5.41) is 3.40. The topological polar surface area (TPSA) is 66.0 Å². The van der Waals surface area contributed by atoms with Crippen molar-refractivity contribution in [3.8, 4) is 17.2 Å². The Morgan fingerprint density at radius 1 is 0.962 bits per heavy atom. The molecule has 0 aliphatic rings. The second-order valence-electron chi connectivity index (χ2n) is 5.23. The highest BCUT2D eigenvalue weighted by molar-refractivity contribution is 6.32. The third-order valence-corrected chi connectivity index (χ3v) is 3.96. The average molecular weight is 400 g/mol. The molecule has 0 aromatic heterocycles. The largest absolute Gasteiger partial charge is 0.495 e. The van der Waals surface area contributed by atoms with Gasteiger partial charge in [0.2, 0.25) is 0 Å². The van der Waals surface area contributed by atoms with Crippen LogP contribution in [0.5, 0.6) is 17.2 Å². The fraction of sp³-hybridized carbons (Fsp3) is 0.278. The van der Waals surface area contributed by atoms with E-state index in [-0.39, 0.29) is 13.2 Å². The van der Waals surface area contributed by atoms with Gasteiger partial charge in [-0.2, -0.15) is 0 Å². The predicted octanol–water partition coefficient (Wildman–Crippen LogP) is 4.95. The first kappa shape index (κ1) is 20.0. The maximum atomic E-state index is 11.9. The number of hydrogen-bond acceptors (Lipinski definition) is 5. The number of ether oxygens (including phenoxy) is 4. The number of rotatable bonds is 7. The zero-order valence-corrected chi connectivity index (χ0v) is 16.1. The van der Waals surface area contributed by atoms with Gasteiger partial charge in [-0.1, -0.05) is 29.3 Å². The van der Waals surface area contributed by atoms with Gasteiger partial charge in [-0.15, -0.1) is 0 Å². The van der Waals surface area contributed by atoms with Crippen molar-refractivity contribution in [2.75, 3.05) is 32.8 Å². The van der Waals surface area contributed by atoms with Gasteiger partial charge < -0.3 is 18.9 Å². The molecular weight excluding hydrogens is 381 g/mol. The van der Waals surface area contributed by atoms with E-state index in [4.69, 9.17) is 42.1 Å². The summed E-state index contributed by atoms with van der Waals surface area (Å²) in [6, 6.07) is 8.53. The second-order valence-corrected chi connectivity index (χ2v) is 6.04. The van der Waals surface area contributed by atoms with Gasteiger partial charge in [0.1, 0.15) is 30.5 Å². The number of carbonyl (C=O) groups excluding carboxylic acids is 1. The molecule has 8 heteroatoms. The minimum atomic E-state index is -0.664. The van der Waals surface area contributed by atoms with Crippen molar-refractivity contribution < 1.29 is 23.7 Å². The molecule has 2 rings (SSSR count). The molecule has 140 valence electrons. The van der Waals surface area contributed by atoms with Crippen LogP contribution >= 0.6 is 23.2 Å². The number of halogens is 2. The summed E-state index contributed by atoms with van der Waals surface area (Å²) in [4.78, 5) is 11.9. The van der Waals surface area contributed by atoms with Crippen molar-refractivity contribution in [2.45, 2.75) is 6.92 Å². The highest BCUT2D eigenvalue weighted by Gasteiger charge is 2.13. The molecule has 0 unspecified atom stereocenters. The Morgan fingerprint density at radius 3 is 2.31 bits per heavy atom. The van der Waals surface area contributed by atoms with Crippen LogP contribution in [-0.4, -0.2) is 33.5 Å². The van der Waals surface area contributed by atoms with Gasteiger partial charge in [0.25, 0.3) is 0 Å². The Labute approximate surface area is 161 Å². The molecule has 1 amide bonds. The number of amides is 1. The van der Waals surface area contributed by atoms with Crippen molar-refractivity contribution in [3.63, 3.8) is 0 Å². The third-order valence-electron chi connectivity index (χ3n) is 3.37. The van der Waals surface area contributed by atoms with E-state index in [1.54, 1.807) is 18.2 Å². The smallest absolute Gasteiger partial charge is 0.411 e. The lowest BCUT2D eigenvalue weighted by Gasteiger charge is -2.13. The van der Waals surface area contributed by atoms with Crippen LogP contribution in [0.2, 0.25) is 10.0 Å². The highest BCUT2D eigenvalue weighted by atomic mass is 35.5. The first-order valence-corrected chi connectivity index (χ1v) is 8.44. The lowest BCUT2D eigenvalue weighted by atomic mass is 10.2. The number of methoxy groups -OCH3 is 2. The second kappa shape index (κ2) is 9.40. The summed E-state index contributed by atoms with van der Waals surface area (Å²) in [5.74, 6) is 1.36. The molecule has 0 fully saturated rings. The van der Waals surface area contributed by atoms with Gasteiger partial charge in [-0.25, -0.2) is 4.79 Å². The SMILES string of the molecule is COc1cc(OC)c(NC(=O)OCCOc2ccc(C)cc2Cl)cc1Cl. The van der Waals surface area contributed by atoms with Crippen LogP contribution in [0, 0.1) is 6.92 Å². The molecule has 0 bridgehead atoms. The van der Waals surface area contributed by atoms with Crippen LogP contribution < -0.4 is 19.5 Å². The van der Waals surface area contributed by atoms with Crippen molar-refractivity contribution in [1.82, 2.24) is 0 Å². The van der Waals surface area contributed by atoms with E-state index in [1.807, 2.05) is 13.0 Å². The van der Waals surface area contributed by atoms with E-state index in [1.165, 1.54) is 20.3 Å². The quantitative estimate of drug-likeness (QED) is 0.667. The van der Waals surface area contributed by atoms with Crippen molar-refractivity contribution >= 4 is 35.0 Å². The summed E-state index contributed by atoms with van der Waals surface area (Å²) < 4.78 is 20.9. The average Bonchev–Trinajstić information content (AvgIpc) is 2.60. The number of benzene rings is 2. The Kier molecular flexibility index (Phi) is 7.24. The third kappa shape index (κ3) is 5.34. The van der Waals surface area contributed by atoms with Crippen molar-refractivity contribution in [3.05, 3.63) is 45.9 Å². The number of carbonyl (C=O) groups is 1. The zero-order chi connectivity index (χ0) is 19.1. The van der Waals surface area contributed by atoms with Gasteiger partial charge in [0, 0.05) is 6.07 Å². The van der Waals surface area contributed by atoms with Crippen LogP contribution in [0.15, 0.2) is 30.3 Å². The summed E-state index contributed by atoms with van der Waals surface area (Å²) in [7, 11) is 2.96. The van der Waals surface area contributed by atoms with Gasteiger partial charge >= 0.3 is 6.09 Å². The number of aryl methyl sites for hydroxylation is 1. The molecule has 0 spiro atoms. The highest BCUT2D eigenvalue weighted by Crippen LogP contribution is 2.35. The Bertz CT molecular complexity index is 782. The minimum Gasteiger partial charge on any atom is -0.495 e. The standard InChI is InChI=1S/C18H19Cl2NO5/c1-11-4-5-15(12(19)8-11)25-6-7-26-18(22)21-14-9-13(20)16(23-2)10-17(14)24-3/h4-5,8-10H,6-7H2,1-3H3,(H,21,22). The monoisotopic (exact) mass is 399 g/mol. The van der Waals surface area contributed by atoms with Crippen LogP contribution in [0.25, 0.3) is 0 Å². The van der Waals surface area contributed by atoms with Crippen LogP contribution in [-0.2, 0) is 4.74 Å². The summed E-state index contributed by atoms with van der Waals surface area (Å²) in [6.45, 7) is 2.14. The zero-order valence-electron chi connectivity index (χ0n) is 14.6. The first-order chi connectivity index (χ1) is 12.4. The molecule has 1 N–H and O–H groups in total. The van der Waals surface area contributed by atoms with E-state index in [0.29, 0.717) is 33.0 Å². The molecule has 2 aromatic carbocycles. The van der Waals surface area contributed by atoms with E-state index in [9.17, 15) is 4.79 Å². The summed E-state index contributed by atoms with van der Waals surface area (Å²) >= 11 is 12.1. The Morgan fingerprint density at radius 2 is 1.65 bits per heavy atom.